The Balaban J connectivity index is 1.71. The third-order valence-electron chi connectivity index (χ3n) is 7.99. The van der Waals surface area contributed by atoms with E-state index in [-0.39, 0.29) is 0 Å². The summed E-state index contributed by atoms with van der Waals surface area (Å²) in [5.41, 5.74) is 7.21. The quantitative estimate of drug-likeness (QED) is 0.160. The van der Waals surface area contributed by atoms with E-state index in [4.69, 9.17) is 0 Å². The molecule has 0 atom stereocenters. The molecule has 0 heterocycles. The first-order valence-corrected chi connectivity index (χ1v) is 13.7. The molecule has 188 valence electrons. The summed E-state index contributed by atoms with van der Waals surface area (Å²) in [5.74, 6) is 0. The van der Waals surface area contributed by atoms with Gasteiger partial charge >= 0.3 is 0 Å². The highest BCUT2D eigenvalue weighted by Gasteiger charge is 2.19. The van der Waals surface area contributed by atoms with Gasteiger partial charge in [-0.2, -0.15) is 0 Å². The van der Waals surface area contributed by atoms with E-state index in [2.05, 4.69) is 141 Å². The maximum absolute atomic E-state index is 4.09. The molecule has 0 fully saturated rings. The molecule has 0 unspecified atom stereocenters. The van der Waals surface area contributed by atoms with Crippen LogP contribution >= 0.6 is 0 Å². The van der Waals surface area contributed by atoms with E-state index < -0.39 is 0 Å². The van der Waals surface area contributed by atoms with Gasteiger partial charge in [0, 0.05) is 0 Å². The molecule has 0 aliphatic carbocycles. The second-order valence-electron chi connectivity index (χ2n) is 10.2. The van der Waals surface area contributed by atoms with E-state index in [9.17, 15) is 0 Å². The van der Waals surface area contributed by atoms with Crippen LogP contribution in [-0.4, -0.2) is 0 Å². The summed E-state index contributed by atoms with van der Waals surface area (Å²) >= 11 is 0. The van der Waals surface area contributed by atoms with Gasteiger partial charge in [0.15, 0.2) is 0 Å². The lowest BCUT2D eigenvalue weighted by molar-refractivity contribution is 1.65. The highest BCUT2D eigenvalue weighted by molar-refractivity contribution is 6.25. The minimum Gasteiger partial charge on any atom is -0.0990 e. The molecule has 0 N–H and O–H groups in total. The van der Waals surface area contributed by atoms with Crippen molar-refractivity contribution in [2.75, 3.05) is 0 Å². The van der Waals surface area contributed by atoms with Crippen LogP contribution in [0, 0.1) is 0 Å². The summed E-state index contributed by atoms with van der Waals surface area (Å²) in [6.07, 6.45) is 5.76. The van der Waals surface area contributed by atoms with Crippen molar-refractivity contribution in [1.29, 1.82) is 0 Å². The van der Waals surface area contributed by atoms with Crippen molar-refractivity contribution in [3.8, 4) is 22.3 Å². The zero-order valence-corrected chi connectivity index (χ0v) is 22.3. The van der Waals surface area contributed by atoms with Gasteiger partial charge in [0.1, 0.15) is 0 Å². The molecule has 0 bridgehead atoms. The highest BCUT2D eigenvalue weighted by atomic mass is 14.2. The van der Waals surface area contributed by atoms with Crippen LogP contribution in [0.15, 0.2) is 159 Å². The summed E-state index contributed by atoms with van der Waals surface area (Å²) in [7, 11) is 0. The summed E-state index contributed by atoms with van der Waals surface area (Å²) in [6, 6.07) is 46.4. The van der Waals surface area contributed by atoms with Gasteiger partial charge in [0.25, 0.3) is 0 Å². The molecular weight excluding hydrogens is 480 g/mol. The molecule has 7 aromatic carbocycles. The Morgan fingerprint density at radius 2 is 0.925 bits per heavy atom. The molecular formula is C40H28. The van der Waals surface area contributed by atoms with Crippen LogP contribution in [0.1, 0.15) is 5.56 Å². The summed E-state index contributed by atoms with van der Waals surface area (Å²) in [5, 5.41) is 9.98. The van der Waals surface area contributed by atoms with Gasteiger partial charge in [-0.15, -0.1) is 0 Å². The van der Waals surface area contributed by atoms with Crippen LogP contribution in [0.25, 0.3) is 70.9 Å². The lowest BCUT2D eigenvalue weighted by atomic mass is 9.83. The average Bonchev–Trinajstić information content (AvgIpc) is 3.02. The Kier molecular flexibility index (Phi) is 5.87. The van der Waals surface area contributed by atoms with E-state index in [1.54, 1.807) is 0 Å². The average molecular weight is 509 g/mol. The lowest BCUT2D eigenvalue weighted by Gasteiger charge is -2.20. The lowest BCUT2D eigenvalue weighted by Crippen LogP contribution is -1.93. The second kappa shape index (κ2) is 9.84. The molecule has 0 spiro atoms. The number of benzene rings is 7. The van der Waals surface area contributed by atoms with Gasteiger partial charge in [0.05, 0.1) is 0 Å². The van der Waals surface area contributed by atoms with Crippen LogP contribution in [0.4, 0.5) is 0 Å². The number of rotatable bonds is 5. The Bertz CT molecular complexity index is 2130. The molecule has 0 nitrogen and oxygen atoms in total. The van der Waals surface area contributed by atoms with E-state index >= 15 is 0 Å². The molecule has 0 aromatic heterocycles. The molecule has 0 aliphatic heterocycles. The first-order chi connectivity index (χ1) is 19.8. The molecule has 0 heteroatoms. The number of fused-ring (bicyclic) bond motifs is 4. The van der Waals surface area contributed by atoms with Gasteiger partial charge in [-0.3, -0.25) is 0 Å². The summed E-state index contributed by atoms with van der Waals surface area (Å²) < 4.78 is 0. The Hall–Kier alpha value is -5.20. The van der Waals surface area contributed by atoms with E-state index in [0.717, 1.165) is 11.1 Å². The Morgan fingerprint density at radius 1 is 0.450 bits per heavy atom. The van der Waals surface area contributed by atoms with Crippen molar-refractivity contribution in [3.05, 3.63) is 164 Å². The zero-order valence-electron chi connectivity index (χ0n) is 22.3. The first-order valence-electron chi connectivity index (χ1n) is 13.7. The van der Waals surface area contributed by atoms with Crippen LogP contribution in [0.2, 0.25) is 0 Å². The minimum atomic E-state index is 1.06. The van der Waals surface area contributed by atoms with Crippen molar-refractivity contribution in [3.63, 3.8) is 0 Å². The monoisotopic (exact) mass is 508 g/mol. The van der Waals surface area contributed by atoms with Gasteiger partial charge in [-0.25, -0.2) is 0 Å². The first kappa shape index (κ1) is 23.9. The number of allylic oxidation sites excluding steroid dienone is 4. The third-order valence-corrected chi connectivity index (χ3v) is 7.99. The zero-order chi connectivity index (χ0) is 27.1. The molecule has 40 heavy (non-hydrogen) atoms. The normalized spacial score (nSPS) is 11.8. The fraction of sp³-hybridized carbons (Fsp3) is 0. The third kappa shape index (κ3) is 3.77. The highest BCUT2D eigenvalue weighted by Crippen LogP contribution is 2.47. The number of hydrogen-bond donors (Lipinski definition) is 0. The number of hydrogen-bond acceptors (Lipinski definition) is 0. The maximum atomic E-state index is 4.09. The smallest absolute Gasteiger partial charge is 0.00199 e. The molecule has 0 saturated heterocycles. The largest absolute Gasteiger partial charge is 0.0990 e. The standard InChI is InChI=1S/C40H28/c1-3-13-27(4-2)30-24-25-37-38(26-30)40(34-23-12-17-29-15-6-8-19-32(29)34)36-21-10-9-20-35(36)39(37)33-22-11-16-28-14-5-7-18-31(28)33/h3-26H,1-2H2. The van der Waals surface area contributed by atoms with Crippen LogP contribution in [0.5, 0.6) is 0 Å². The van der Waals surface area contributed by atoms with Crippen molar-refractivity contribution in [2.24, 2.45) is 0 Å². The molecule has 7 rings (SSSR count). The Labute approximate surface area is 234 Å². The molecule has 0 amide bonds. The van der Waals surface area contributed by atoms with Crippen molar-refractivity contribution < 1.29 is 0 Å². The predicted molar refractivity (Wildman–Crippen MR) is 176 cm³/mol. The van der Waals surface area contributed by atoms with Gasteiger partial charge < -0.3 is 0 Å². The topological polar surface area (TPSA) is 0 Å². The van der Waals surface area contributed by atoms with Crippen LogP contribution < -0.4 is 0 Å². The minimum absolute atomic E-state index is 1.06. The van der Waals surface area contributed by atoms with Gasteiger partial charge in [-0.1, -0.05) is 153 Å². The maximum Gasteiger partial charge on any atom is -0.00199 e. The van der Waals surface area contributed by atoms with Gasteiger partial charge in [0.2, 0.25) is 0 Å². The van der Waals surface area contributed by atoms with Crippen molar-refractivity contribution >= 4 is 48.7 Å². The summed E-state index contributed by atoms with van der Waals surface area (Å²) in [4.78, 5) is 0. The van der Waals surface area contributed by atoms with Crippen LogP contribution in [-0.2, 0) is 0 Å². The fourth-order valence-electron chi connectivity index (χ4n) is 6.23. The fourth-order valence-corrected chi connectivity index (χ4v) is 6.23. The Morgan fingerprint density at radius 3 is 1.48 bits per heavy atom. The molecule has 0 aliphatic rings. The van der Waals surface area contributed by atoms with Crippen LogP contribution in [0.3, 0.4) is 0 Å². The molecule has 0 radical (unpaired) electrons. The van der Waals surface area contributed by atoms with E-state index in [0.29, 0.717) is 0 Å². The van der Waals surface area contributed by atoms with Gasteiger partial charge in [-0.05, 0) is 82.5 Å². The van der Waals surface area contributed by atoms with E-state index in [1.165, 1.54) is 65.3 Å². The second-order valence-corrected chi connectivity index (χ2v) is 10.2. The van der Waals surface area contributed by atoms with Crippen molar-refractivity contribution in [2.45, 2.75) is 0 Å². The SMILES string of the molecule is C=CC=C(C=C)c1ccc2c(-c3cccc4ccccc34)c3ccccc3c(-c3cccc4ccccc34)c2c1. The van der Waals surface area contributed by atoms with E-state index in [1.807, 2.05) is 18.2 Å². The van der Waals surface area contributed by atoms with Crippen molar-refractivity contribution in [1.82, 2.24) is 0 Å². The molecule has 0 saturated carbocycles. The predicted octanol–water partition coefficient (Wildman–Crippen LogP) is 11.4. The summed E-state index contributed by atoms with van der Waals surface area (Å²) in [6.45, 7) is 8.03. The molecule has 7 aromatic rings.